The largest absolute Gasteiger partial charge is 0.380 e. The van der Waals surface area contributed by atoms with Crippen molar-refractivity contribution in [1.29, 1.82) is 0 Å². The average Bonchev–Trinajstić information content (AvgIpc) is 3.86. The van der Waals surface area contributed by atoms with Crippen LogP contribution in [0.15, 0.2) is 66.6 Å². The summed E-state index contributed by atoms with van der Waals surface area (Å²) in [5.74, 6) is -16.1. The smallest absolute Gasteiger partial charge is 0.194 e. The molecule has 7 rings (SSSR count). The van der Waals surface area contributed by atoms with E-state index in [1.54, 1.807) is 24.3 Å². The molecule has 0 N–H and O–H groups in total. The van der Waals surface area contributed by atoms with Gasteiger partial charge in [0, 0.05) is 60.9 Å². The lowest BCUT2D eigenvalue weighted by Crippen LogP contribution is -2.48. The summed E-state index contributed by atoms with van der Waals surface area (Å²) in [6.45, 7) is 12.3. The zero-order valence-electron chi connectivity index (χ0n) is 28.0. The summed E-state index contributed by atoms with van der Waals surface area (Å²) in [6.07, 6.45) is 0. The lowest BCUT2D eigenvalue weighted by atomic mass is 9.94. The van der Waals surface area contributed by atoms with Crippen LogP contribution in [0.5, 0.6) is 0 Å². The summed E-state index contributed by atoms with van der Waals surface area (Å²) in [5.41, 5.74) is -3.78. The minimum absolute atomic E-state index is 0.197. The Labute approximate surface area is 346 Å². The van der Waals surface area contributed by atoms with E-state index in [0.717, 1.165) is 37.3 Å². The molecular formula is C37H27Br3F6S6. The lowest BCUT2D eigenvalue weighted by Gasteiger charge is -2.25. The van der Waals surface area contributed by atoms with Gasteiger partial charge in [-0.2, -0.15) is 26.3 Å². The summed E-state index contributed by atoms with van der Waals surface area (Å²) >= 11 is 18.1. The van der Waals surface area contributed by atoms with Crippen molar-refractivity contribution in [1.82, 2.24) is 0 Å². The fourth-order valence-electron chi connectivity index (χ4n) is 5.84. The molecule has 15 heteroatoms. The van der Waals surface area contributed by atoms with Crippen LogP contribution in [0.2, 0.25) is 0 Å². The molecule has 52 heavy (non-hydrogen) atoms. The molecule has 0 radical (unpaired) electrons. The van der Waals surface area contributed by atoms with Gasteiger partial charge in [0.05, 0.1) is 22.2 Å². The summed E-state index contributed by atoms with van der Waals surface area (Å²) in [4.78, 5) is 5.95. The molecule has 6 heterocycles. The Morgan fingerprint density at radius 1 is 0.462 bits per heavy atom. The maximum absolute atomic E-state index is 16.6. The molecule has 1 aliphatic carbocycles. The molecule has 0 atom stereocenters. The molecule has 0 saturated heterocycles. The van der Waals surface area contributed by atoms with E-state index in [1.165, 1.54) is 57.5 Å². The van der Waals surface area contributed by atoms with Gasteiger partial charge in [0.15, 0.2) is 0 Å². The highest BCUT2D eigenvalue weighted by Crippen LogP contribution is 2.68. The summed E-state index contributed by atoms with van der Waals surface area (Å²) in [6, 6.07) is 15.4. The van der Waals surface area contributed by atoms with E-state index in [2.05, 4.69) is 68.6 Å². The minimum atomic E-state index is -5.71. The van der Waals surface area contributed by atoms with Crippen LogP contribution in [-0.2, 0) is 10.8 Å². The highest BCUT2D eigenvalue weighted by atomic mass is 79.9. The fraction of sp³-hybridized carbons (Fsp3) is 0.297. The molecule has 0 saturated carbocycles. The maximum Gasteiger partial charge on any atom is 0.380 e. The van der Waals surface area contributed by atoms with Gasteiger partial charge in [-0.3, -0.25) is 0 Å². The van der Waals surface area contributed by atoms with Crippen molar-refractivity contribution in [2.24, 2.45) is 0 Å². The first kappa shape index (κ1) is 39.2. The molecule has 0 fully saturated rings. The number of alkyl halides is 6. The van der Waals surface area contributed by atoms with Crippen molar-refractivity contribution in [3.8, 4) is 39.0 Å². The van der Waals surface area contributed by atoms with Crippen LogP contribution < -0.4 is 0 Å². The Kier molecular flexibility index (Phi) is 10.0. The second kappa shape index (κ2) is 13.3. The Morgan fingerprint density at radius 3 is 1.35 bits per heavy atom. The van der Waals surface area contributed by atoms with Crippen molar-refractivity contribution in [3.63, 3.8) is 0 Å². The van der Waals surface area contributed by atoms with Gasteiger partial charge in [-0.25, -0.2) is 0 Å². The van der Waals surface area contributed by atoms with Gasteiger partial charge in [-0.1, -0.05) is 41.5 Å². The Morgan fingerprint density at radius 2 is 0.923 bits per heavy atom. The number of allylic oxidation sites excluding steroid dienone is 2. The third-order valence-corrected chi connectivity index (χ3v) is 18.7. The molecule has 6 aromatic heterocycles. The molecule has 6 aromatic rings. The van der Waals surface area contributed by atoms with E-state index in [1.807, 2.05) is 39.0 Å². The zero-order valence-corrected chi connectivity index (χ0v) is 37.7. The van der Waals surface area contributed by atoms with E-state index >= 15 is 26.3 Å². The first-order valence-electron chi connectivity index (χ1n) is 15.6. The zero-order chi connectivity index (χ0) is 37.9. The number of rotatable bonds is 6. The van der Waals surface area contributed by atoms with Crippen LogP contribution in [0.25, 0.3) is 50.2 Å². The van der Waals surface area contributed by atoms with Crippen LogP contribution in [0.4, 0.5) is 26.3 Å². The molecule has 1 aliphatic rings. The van der Waals surface area contributed by atoms with E-state index in [9.17, 15) is 0 Å². The number of halogens is 9. The Hall–Kier alpha value is -1.04. The molecule has 0 aromatic carbocycles. The summed E-state index contributed by atoms with van der Waals surface area (Å²) in [5, 5.41) is 0. The van der Waals surface area contributed by atoms with Gasteiger partial charge in [0.25, 0.3) is 0 Å². The number of thiophene rings is 6. The molecule has 0 bridgehead atoms. The molecule has 274 valence electrons. The quantitative estimate of drug-likeness (QED) is 0.146. The molecule has 0 aliphatic heterocycles. The van der Waals surface area contributed by atoms with Crippen LogP contribution in [-0.4, -0.2) is 17.8 Å². The third kappa shape index (κ3) is 6.47. The van der Waals surface area contributed by atoms with Crippen LogP contribution >= 0.6 is 116 Å². The second-order valence-corrected chi connectivity index (χ2v) is 24.4. The average molecular weight is 1020 g/mol. The number of hydrogen-bond donors (Lipinski definition) is 0. The SMILES string of the molecule is CC(C)(C)c1ccc(-c2cc(C3=C(c4cc(-c5sc(C(C)(C)C)cc5Br)sc4-c4ccc(Br)s4)C(F)(F)C(F)(F)C3(F)F)c(-c3ccc(Br)s3)s2)s1. The predicted octanol–water partition coefficient (Wildman–Crippen LogP) is 17.4. The fourth-order valence-corrected chi connectivity index (χ4v) is 14.5. The Bertz CT molecular complexity index is 2370. The second-order valence-electron chi connectivity index (χ2n) is 14.3. The molecular weight excluding hydrogens is 991 g/mol. The summed E-state index contributed by atoms with van der Waals surface area (Å²) in [7, 11) is 0. The van der Waals surface area contributed by atoms with Gasteiger partial charge < -0.3 is 0 Å². The third-order valence-electron chi connectivity index (χ3n) is 8.50. The van der Waals surface area contributed by atoms with Crippen molar-refractivity contribution < 1.29 is 26.3 Å². The van der Waals surface area contributed by atoms with E-state index in [-0.39, 0.29) is 31.7 Å². The van der Waals surface area contributed by atoms with E-state index in [4.69, 9.17) is 0 Å². The maximum atomic E-state index is 16.6. The normalized spacial score (nSPS) is 17.1. The highest BCUT2D eigenvalue weighted by Gasteiger charge is 2.80. The standard InChI is InChI=1S/C37H27Br3F6S6/c1-33(2,3)24-10-7-19(47-24)22-13-16(30(50-22)20-8-11-26(39)48-20)28-29(36(43,44)37(45,46)35(28,41)42)17-14-23(51-31(17)21-9-12-27(40)49-21)32-18(38)15-25(52-32)34(4,5)6/h7-15H,1-6H3. The minimum Gasteiger partial charge on any atom is -0.194 e. The van der Waals surface area contributed by atoms with E-state index < -0.39 is 28.9 Å². The molecule has 0 unspecified atom stereocenters. The first-order chi connectivity index (χ1) is 24.0. The van der Waals surface area contributed by atoms with Crippen LogP contribution in [0, 0.1) is 0 Å². The van der Waals surface area contributed by atoms with Crippen LogP contribution in [0.1, 0.15) is 62.4 Å². The van der Waals surface area contributed by atoms with Gasteiger partial charge in [0.1, 0.15) is 0 Å². The summed E-state index contributed by atoms with van der Waals surface area (Å²) < 4.78 is 100. The predicted molar refractivity (Wildman–Crippen MR) is 224 cm³/mol. The number of hydrogen-bond acceptors (Lipinski definition) is 6. The van der Waals surface area contributed by atoms with Crippen molar-refractivity contribution in [2.75, 3.05) is 0 Å². The van der Waals surface area contributed by atoms with Crippen molar-refractivity contribution in [2.45, 2.75) is 70.1 Å². The van der Waals surface area contributed by atoms with Gasteiger partial charge >= 0.3 is 17.8 Å². The Balaban J connectivity index is 1.56. The van der Waals surface area contributed by atoms with Crippen molar-refractivity contribution in [3.05, 3.63) is 87.5 Å². The van der Waals surface area contributed by atoms with Gasteiger partial charge in [-0.15, -0.1) is 68.0 Å². The van der Waals surface area contributed by atoms with Crippen LogP contribution in [0.3, 0.4) is 0 Å². The first-order valence-corrected chi connectivity index (χ1v) is 22.9. The topological polar surface area (TPSA) is 0 Å². The van der Waals surface area contributed by atoms with Crippen molar-refractivity contribution >= 4 is 127 Å². The van der Waals surface area contributed by atoms with Gasteiger partial charge in [0.2, 0.25) is 0 Å². The molecule has 0 nitrogen and oxygen atoms in total. The lowest BCUT2D eigenvalue weighted by molar-refractivity contribution is -0.254. The molecule has 0 amide bonds. The van der Waals surface area contributed by atoms with E-state index in [0.29, 0.717) is 36.4 Å². The molecule has 0 spiro atoms. The highest BCUT2D eigenvalue weighted by molar-refractivity contribution is 9.11. The monoisotopic (exact) mass is 1010 g/mol. The van der Waals surface area contributed by atoms with Gasteiger partial charge in [-0.05, 0) is 113 Å².